The summed E-state index contributed by atoms with van der Waals surface area (Å²) in [7, 11) is 0. The lowest BCUT2D eigenvalue weighted by Gasteiger charge is -2.21. The molecule has 3 rings (SSSR count). The number of hydrogen-bond donors (Lipinski definition) is 0. The second-order valence-electron chi connectivity index (χ2n) is 9.97. The smallest absolute Gasteiger partial charge is 0.338 e. The van der Waals surface area contributed by atoms with Crippen molar-refractivity contribution in [3.63, 3.8) is 0 Å². The van der Waals surface area contributed by atoms with Crippen LogP contribution in [0.15, 0.2) is 55.1 Å². The molecule has 218 valence electrons. The van der Waals surface area contributed by atoms with Gasteiger partial charge in [-0.05, 0) is 81.3 Å². The molecular weight excluding hydrogens is 508 g/mol. The molecule has 0 atom stereocenters. The van der Waals surface area contributed by atoms with E-state index in [4.69, 9.17) is 23.7 Å². The molecule has 2 aromatic rings. The molecule has 40 heavy (non-hydrogen) atoms. The van der Waals surface area contributed by atoms with Gasteiger partial charge < -0.3 is 23.7 Å². The van der Waals surface area contributed by atoms with Crippen LogP contribution < -0.4 is 9.47 Å². The van der Waals surface area contributed by atoms with Crippen molar-refractivity contribution in [3.05, 3.63) is 71.8 Å². The minimum absolute atomic E-state index is 0.00851. The maximum absolute atomic E-state index is 12.2. The van der Waals surface area contributed by atoms with Crippen LogP contribution in [0.3, 0.4) is 0 Å². The number of aryl methyl sites for hydroxylation is 1. The lowest BCUT2D eigenvalue weighted by molar-refractivity contribution is -0.141. The largest absolute Gasteiger partial charge is 0.494 e. The highest BCUT2D eigenvalue weighted by molar-refractivity contribution is 5.90. The van der Waals surface area contributed by atoms with Crippen molar-refractivity contribution < 1.29 is 33.3 Å². The van der Waals surface area contributed by atoms with Gasteiger partial charge in [0.25, 0.3) is 0 Å². The van der Waals surface area contributed by atoms with E-state index in [1.54, 1.807) is 25.1 Å². The maximum Gasteiger partial charge on any atom is 0.338 e. The molecule has 0 radical (unpaired) electrons. The third-order valence-electron chi connectivity index (χ3n) is 6.77. The molecule has 2 aromatic carbocycles. The molecule has 1 fully saturated rings. The van der Waals surface area contributed by atoms with Gasteiger partial charge in [-0.2, -0.15) is 0 Å². The third-order valence-corrected chi connectivity index (χ3v) is 6.77. The summed E-state index contributed by atoms with van der Waals surface area (Å²) in [5, 5.41) is 0. The third kappa shape index (κ3) is 11.4. The molecule has 1 saturated carbocycles. The van der Waals surface area contributed by atoms with Gasteiger partial charge in [-0.25, -0.2) is 4.79 Å². The van der Waals surface area contributed by atoms with E-state index >= 15 is 0 Å². The lowest BCUT2D eigenvalue weighted by Crippen LogP contribution is -2.17. The Kier molecular flexibility index (Phi) is 14.1. The molecule has 0 unspecified atom stereocenters. The molecule has 0 heterocycles. The van der Waals surface area contributed by atoms with Crippen molar-refractivity contribution in [1.29, 1.82) is 0 Å². The van der Waals surface area contributed by atoms with Crippen LogP contribution in [0.2, 0.25) is 0 Å². The van der Waals surface area contributed by atoms with Crippen LogP contribution in [0, 0.1) is 0 Å². The topological polar surface area (TPSA) is 80.3 Å². The second-order valence-corrected chi connectivity index (χ2v) is 9.97. The Morgan fingerprint density at radius 3 is 2.40 bits per heavy atom. The summed E-state index contributed by atoms with van der Waals surface area (Å²) in [4.78, 5) is 24.3. The number of carbonyl (C=O) groups excluding carboxylic acids is 2. The molecule has 7 heteroatoms. The zero-order valence-corrected chi connectivity index (χ0v) is 23.9. The summed E-state index contributed by atoms with van der Waals surface area (Å²) < 4.78 is 28.1. The van der Waals surface area contributed by atoms with E-state index < -0.39 is 11.9 Å². The maximum atomic E-state index is 12.2. The summed E-state index contributed by atoms with van der Waals surface area (Å²) in [5.74, 6) is 0.575. The number of carbonyl (C=O) groups is 2. The van der Waals surface area contributed by atoms with Crippen molar-refractivity contribution in [1.82, 2.24) is 0 Å². The molecule has 7 nitrogen and oxygen atoms in total. The van der Waals surface area contributed by atoms with E-state index in [2.05, 4.69) is 18.7 Å². The van der Waals surface area contributed by atoms with E-state index in [-0.39, 0.29) is 19.6 Å². The number of hydrogen-bond acceptors (Lipinski definition) is 7. The molecule has 1 aliphatic carbocycles. The van der Waals surface area contributed by atoms with Gasteiger partial charge in [-0.15, -0.1) is 0 Å². The van der Waals surface area contributed by atoms with Gasteiger partial charge in [-0.3, -0.25) is 4.79 Å². The monoisotopic (exact) mass is 552 g/mol. The van der Waals surface area contributed by atoms with Gasteiger partial charge >= 0.3 is 11.9 Å². The van der Waals surface area contributed by atoms with Gasteiger partial charge in [0.05, 0.1) is 37.9 Å². The van der Waals surface area contributed by atoms with Crippen molar-refractivity contribution >= 4 is 11.9 Å². The average molecular weight is 553 g/mol. The molecular formula is C33H44O7. The summed E-state index contributed by atoms with van der Waals surface area (Å²) in [6, 6.07) is 13.2. The van der Waals surface area contributed by atoms with Crippen LogP contribution >= 0.6 is 0 Å². The normalized spacial score (nSPS) is 13.4. The van der Waals surface area contributed by atoms with Crippen LogP contribution in [0.5, 0.6) is 11.5 Å². The minimum atomic E-state index is -0.439. The molecule has 0 bridgehead atoms. The van der Waals surface area contributed by atoms with E-state index in [1.807, 2.05) is 12.1 Å². The van der Waals surface area contributed by atoms with Crippen molar-refractivity contribution in [2.24, 2.45) is 0 Å². The van der Waals surface area contributed by atoms with E-state index in [1.165, 1.54) is 43.7 Å². The van der Waals surface area contributed by atoms with E-state index in [0.29, 0.717) is 36.2 Å². The summed E-state index contributed by atoms with van der Waals surface area (Å²) in [6.07, 6.45) is 12.0. The van der Waals surface area contributed by atoms with Gasteiger partial charge in [0.15, 0.2) is 0 Å². The van der Waals surface area contributed by atoms with E-state index in [0.717, 1.165) is 38.0 Å². The van der Waals surface area contributed by atoms with Crippen LogP contribution in [0.1, 0.15) is 79.8 Å². The number of rotatable bonds is 18. The Hall–Kier alpha value is -3.32. The predicted molar refractivity (Wildman–Crippen MR) is 155 cm³/mol. The van der Waals surface area contributed by atoms with Crippen molar-refractivity contribution in [2.75, 3.05) is 33.0 Å². The van der Waals surface area contributed by atoms with Crippen LogP contribution in [-0.4, -0.2) is 51.1 Å². The Morgan fingerprint density at radius 2 is 1.65 bits per heavy atom. The van der Waals surface area contributed by atoms with Crippen LogP contribution in [-0.2, 0) is 31.8 Å². The first-order valence-corrected chi connectivity index (χ1v) is 14.6. The quantitative estimate of drug-likeness (QED) is 0.116. The Labute approximate surface area is 238 Å². The summed E-state index contributed by atoms with van der Waals surface area (Å²) in [5.41, 5.74) is 2.15. The Balaban J connectivity index is 1.38. The van der Waals surface area contributed by atoms with Crippen molar-refractivity contribution in [2.45, 2.75) is 77.2 Å². The Bertz CT molecular complexity index is 1040. The number of esters is 2. The molecule has 0 saturated heterocycles. The first-order valence-electron chi connectivity index (χ1n) is 14.6. The molecule has 0 spiro atoms. The first kappa shape index (κ1) is 31.2. The molecule has 1 aliphatic rings. The molecule has 0 N–H and O–H groups in total. The fourth-order valence-corrected chi connectivity index (χ4v) is 4.64. The first-order chi connectivity index (χ1) is 19.6. The number of unbranched alkanes of at least 4 members (excludes halogenated alkanes) is 1. The predicted octanol–water partition coefficient (Wildman–Crippen LogP) is 6.65. The number of benzene rings is 2. The fraction of sp³-hybridized carbons (Fsp3) is 0.515. The Morgan fingerprint density at radius 1 is 0.900 bits per heavy atom. The second kappa shape index (κ2) is 18.1. The lowest BCUT2D eigenvalue weighted by atomic mass is 9.98. The minimum Gasteiger partial charge on any atom is -0.494 e. The van der Waals surface area contributed by atoms with Gasteiger partial charge in [-0.1, -0.05) is 44.1 Å². The standard InChI is InChI=1S/C33H44O7/c1-3-20-40-32(34)25-28-24-27(33(35)36-4-2)16-19-31(28)39-23-10-11-26-14-17-30(18-15-26)38-22-9-8-21-37-29-12-6-5-7-13-29/h3,14-19,24,29H,1,4-13,20-23,25H2,2H3. The van der Waals surface area contributed by atoms with Crippen molar-refractivity contribution in [3.8, 4) is 11.5 Å². The van der Waals surface area contributed by atoms with Gasteiger partial charge in [0.2, 0.25) is 0 Å². The molecule has 0 aliphatic heterocycles. The zero-order chi connectivity index (χ0) is 28.4. The van der Waals surface area contributed by atoms with E-state index in [9.17, 15) is 9.59 Å². The highest BCUT2D eigenvalue weighted by Crippen LogP contribution is 2.23. The molecule has 0 aromatic heterocycles. The summed E-state index contributed by atoms with van der Waals surface area (Å²) in [6.45, 7) is 7.70. The highest BCUT2D eigenvalue weighted by Gasteiger charge is 2.15. The number of ether oxygens (including phenoxy) is 5. The zero-order valence-electron chi connectivity index (χ0n) is 23.9. The van der Waals surface area contributed by atoms with Gasteiger partial charge in [0, 0.05) is 12.2 Å². The van der Waals surface area contributed by atoms with Crippen LogP contribution in [0.25, 0.3) is 0 Å². The van der Waals surface area contributed by atoms with Gasteiger partial charge in [0.1, 0.15) is 18.1 Å². The molecule has 0 amide bonds. The fourth-order valence-electron chi connectivity index (χ4n) is 4.64. The average Bonchev–Trinajstić information content (AvgIpc) is 2.98. The summed E-state index contributed by atoms with van der Waals surface area (Å²) >= 11 is 0. The highest BCUT2D eigenvalue weighted by atomic mass is 16.5. The van der Waals surface area contributed by atoms with Crippen LogP contribution in [0.4, 0.5) is 0 Å². The SMILES string of the molecule is C=CCOC(=O)Cc1cc(C(=O)OCC)ccc1OCCCc1ccc(OCCCCOC2CCCCC2)cc1.